The lowest BCUT2D eigenvalue weighted by atomic mass is 10.1. The summed E-state index contributed by atoms with van der Waals surface area (Å²) >= 11 is 0. The molecule has 0 aliphatic carbocycles. The number of rotatable bonds is 9. The van der Waals surface area contributed by atoms with Gasteiger partial charge in [0.1, 0.15) is 5.75 Å². The van der Waals surface area contributed by atoms with Crippen LogP contribution in [0.4, 0.5) is 0 Å². The monoisotopic (exact) mass is 278 g/mol. The van der Waals surface area contributed by atoms with E-state index in [4.69, 9.17) is 4.74 Å². The number of nitrogens with one attached hydrogen (secondary N) is 2. The fourth-order valence-corrected chi connectivity index (χ4v) is 1.91. The highest BCUT2D eigenvalue weighted by atomic mass is 16.5. The van der Waals surface area contributed by atoms with Crippen LogP contribution in [0.25, 0.3) is 0 Å². The van der Waals surface area contributed by atoms with Gasteiger partial charge < -0.3 is 15.4 Å². The second-order valence-corrected chi connectivity index (χ2v) is 4.94. The van der Waals surface area contributed by atoms with E-state index in [2.05, 4.69) is 23.6 Å². The number of carbonyl (C=O) groups is 1. The van der Waals surface area contributed by atoms with Crippen LogP contribution in [0.1, 0.15) is 32.3 Å². The molecule has 0 radical (unpaired) electrons. The van der Waals surface area contributed by atoms with E-state index in [1.807, 2.05) is 25.1 Å². The first-order valence-corrected chi connectivity index (χ1v) is 7.29. The van der Waals surface area contributed by atoms with Crippen molar-refractivity contribution >= 4 is 5.91 Å². The molecule has 0 saturated carbocycles. The Morgan fingerprint density at radius 2 is 2.05 bits per heavy atom. The van der Waals surface area contributed by atoms with Crippen molar-refractivity contribution in [1.29, 1.82) is 0 Å². The van der Waals surface area contributed by atoms with E-state index >= 15 is 0 Å². The van der Waals surface area contributed by atoms with Crippen LogP contribution in [-0.2, 0) is 11.2 Å². The molecule has 1 unspecified atom stereocenters. The zero-order chi connectivity index (χ0) is 14.8. The molecule has 4 heteroatoms. The molecule has 112 valence electrons. The second kappa shape index (κ2) is 9.37. The maximum absolute atomic E-state index is 11.6. The van der Waals surface area contributed by atoms with Crippen molar-refractivity contribution in [2.45, 2.75) is 39.2 Å². The minimum absolute atomic E-state index is 0.115. The largest absolute Gasteiger partial charge is 0.496 e. The highest BCUT2D eigenvalue weighted by Gasteiger charge is 2.05. The van der Waals surface area contributed by atoms with Crippen molar-refractivity contribution in [3.8, 4) is 5.75 Å². The normalized spacial score (nSPS) is 11.9. The quantitative estimate of drug-likeness (QED) is 0.680. The molecule has 0 aromatic heterocycles. The first kappa shape index (κ1) is 16.5. The van der Waals surface area contributed by atoms with Crippen LogP contribution in [0, 0.1) is 0 Å². The third kappa shape index (κ3) is 6.06. The van der Waals surface area contributed by atoms with Gasteiger partial charge in [-0.15, -0.1) is 0 Å². The van der Waals surface area contributed by atoms with Gasteiger partial charge in [-0.2, -0.15) is 0 Å². The van der Waals surface area contributed by atoms with Crippen LogP contribution >= 0.6 is 0 Å². The fourth-order valence-electron chi connectivity index (χ4n) is 1.91. The van der Waals surface area contributed by atoms with Crippen molar-refractivity contribution in [2.75, 3.05) is 20.2 Å². The highest BCUT2D eigenvalue weighted by molar-refractivity contribution is 5.76. The molecule has 20 heavy (non-hydrogen) atoms. The zero-order valence-corrected chi connectivity index (χ0v) is 12.7. The average Bonchev–Trinajstić information content (AvgIpc) is 2.47. The minimum atomic E-state index is 0.115. The molecule has 1 aromatic carbocycles. The molecular weight excluding hydrogens is 252 g/mol. The van der Waals surface area contributed by atoms with Crippen LogP contribution in [0.15, 0.2) is 24.3 Å². The van der Waals surface area contributed by atoms with Gasteiger partial charge in [-0.25, -0.2) is 0 Å². The van der Waals surface area contributed by atoms with E-state index in [0.717, 1.165) is 25.1 Å². The molecule has 1 aromatic rings. The standard InChI is InChI=1S/C16H26N2O2/c1-4-13(2)18-16(19)10-12-17-11-9-14-7-5-6-8-15(14)20-3/h5-8,13,17H,4,9-12H2,1-3H3,(H,18,19). The number of methoxy groups -OCH3 is 1. The predicted molar refractivity (Wildman–Crippen MR) is 82.1 cm³/mol. The third-order valence-electron chi connectivity index (χ3n) is 3.31. The van der Waals surface area contributed by atoms with E-state index in [-0.39, 0.29) is 11.9 Å². The zero-order valence-electron chi connectivity index (χ0n) is 12.7. The molecule has 2 N–H and O–H groups in total. The maximum Gasteiger partial charge on any atom is 0.221 e. The van der Waals surface area contributed by atoms with Gasteiger partial charge in [-0.1, -0.05) is 25.1 Å². The molecule has 0 heterocycles. The summed E-state index contributed by atoms with van der Waals surface area (Å²) < 4.78 is 5.30. The summed E-state index contributed by atoms with van der Waals surface area (Å²) in [6.45, 7) is 5.64. The van der Waals surface area contributed by atoms with Crippen molar-refractivity contribution in [1.82, 2.24) is 10.6 Å². The molecule has 0 aliphatic heterocycles. The Morgan fingerprint density at radius 1 is 1.30 bits per heavy atom. The summed E-state index contributed by atoms with van der Waals surface area (Å²) in [6, 6.07) is 8.27. The molecule has 0 saturated heterocycles. The Morgan fingerprint density at radius 3 is 2.75 bits per heavy atom. The Kier molecular flexibility index (Phi) is 7.73. The number of benzene rings is 1. The van der Waals surface area contributed by atoms with E-state index in [1.165, 1.54) is 5.56 Å². The number of ether oxygens (including phenoxy) is 1. The van der Waals surface area contributed by atoms with Gasteiger partial charge in [0.15, 0.2) is 0 Å². The van der Waals surface area contributed by atoms with E-state index < -0.39 is 0 Å². The van der Waals surface area contributed by atoms with Crippen molar-refractivity contribution < 1.29 is 9.53 Å². The van der Waals surface area contributed by atoms with Gasteiger partial charge in [0.25, 0.3) is 0 Å². The predicted octanol–water partition coefficient (Wildman–Crippen LogP) is 2.13. The summed E-state index contributed by atoms with van der Waals surface area (Å²) in [6.07, 6.45) is 2.39. The molecule has 1 rings (SSSR count). The van der Waals surface area contributed by atoms with Crippen LogP contribution < -0.4 is 15.4 Å². The molecule has 0 bridgehead atoms. The lowest BCUT2D eigenvalue weighted by molar-refractivity contribution is -0.121. The Hall–Kier alpha value is -1.55. The number of para-hydroxylation sites is 1. The first-order chi connectivity index (χ1) is 9.67. The average molecular weight is 278 g/mol. The molecule has 0 fully saturated rings. The van der Waals surface area contributed by atoms with Crippen LogP contribution in [-0.4, -0.2) is 32.1 Å². The summed E-state index contributed by atoms with van der Waals surface area (Å²) in [5.74, 6) is 1.04. The summed E-state index contributed by atoms with van der Waals surface area (Å²) in [5.41, 5.74) is 1.19. The van der Waals surface area contributed by atoms with E-state index in [0.29, 0.717) is 13.0 Å². The molecule has 1 amide bonds. The van der Waals surface area contributed by atoms with Crippen LogP contribution in [0.2, 0.25) is 0 Å². The number of amides is 1. The van der Waals surface area contributed by atoms with E-state index in [1.54, 1.807) is 7.11 Å². The van der Waals surface area contributed by atoms with Gasteiger partial charge in [-0.3, -0.25) is 4.79 Å². The number of carbonyl (C=O) groups excluding carboxylic acids is 1. The van der Waals surface area contributed by atoms with Gasteiger partial charge in [0.2, 0.25) is 5.91 Å². The van der Waals surface area contributed by atoms with E-state index in [9.17, 15) is 4.79 Å². The summed E-state index contributed by atoms with van der Waals surface area (Å²) in [5, 5.41) is 6.25. The second-order valence-electron chi connectivity index (χ2n) is 4.94. The molecule has 1 atom stereocenters. The smallest absolute Gasteiger partial charge is 0.221 e. The highest BCUT2D eigenvalue weighted by Crippen LogP contribution is 2.17. The van der Waals surface area contributed by atoms with Gasteiger partial charge in [0, 0.05) is 19.0 Å². The lowest BCUT2D eigenvalue weighted by Gasteiger charge is -2.12. The first-order valence-electron chi connectivity index (χ1n) is 7.29. The van der Waals surface area contributed by atoms with Gasteiger partial charge >= 0.3 is 0 Å². The van der Waals surface area contributed by atoms with Crippen molar-refractivity contribution in [3.05, 3.63) is 29.8 Å². The molecule has 0 spiro atoms. The maximum atomic E-state index is 11.6. The lowest BCUT2D eigenvalue weighted by Crippen LogP contribution is -2.34. The summed E-state index contributed by atoms with van der Waals surface area (Å²) in [7, 11) is 1.69. The molecule has 0 aliphatic rings. The van der Waals surface area contributed by atoms with Crippen molar-refractivity contribution in [3.63, 3.8) is 0 Å². The number of hydrogen-bond acceptors (Lipinski definition) is 3. The van der Waals surface area contributed by atoms with Gasteiger partial charge in [0.05, 0.1) is 7.11 Å². The van der Waals surface area contributed by atoms with Crippen LogP contribution in [0.3, 0.4) is 0 Å². The Balaban J connectivity index is 2.17. The van der Waals surface area contributed by atoms with Crippen molar-refractivity contribution in [2.24, 2.45) is 0 Å². The topological polar surface area (TPSA) is 50.4 Å². The van der Waals surface area contributed by atoms with Gasteiger partial charge in [-0.05, 0) is 37.9 Å². The molecule has 4 nitrogen and oxygen atoms in total. The Bertz CT molecular complexity index is 407. The fraction of sp³-hybridized carbons (Fsp3) is 0.562. The number of hydrogen-bond donors (Lipinski definition) is 2. The summed E-state index contributed by atoms with van der Waals surface area (Å²) in [4.78, 5) is 11.6. The SMILES string of the molecule is CCC(C)NC(=O)CCNCCc1ccccc1OC. The molecular formula is C16H26N2O2. The Labute approximate surface area is 121 Å². The minimum Gasteiger partial charge on any atom is -0.496 e. The third-order valence-corrected chi connectivity index (χ3v) is 3.31. The van der Waals surface area contributed by atoms with Crippen LogP contribution in [0.5, 0.6) is 5.75 Å².